The molecule has 0 spiro atoms. The van der Waals surface area contributed by atoms with Gasteiger partial charge in [0, 0.05) is 26.2 Å². The van der Waals surface area contributed by atoms with Gasteiger partial charge in [0.2, 0.25) is 5.91 Å². The number of nitrogens with zero attached hydrogens (tertiary/aromatic N) is 2. The Labute approximate surface area is 115 Å². The monoisotopic (exact) mass is 280 g/mol. The van der Waals surface area contributed by atoms with Gasteiger partial charge in [-0.15, -0.1) is 0 Å². The SMILES string of the molecule is CN(CC(=O)N1CCCC1)C(=O)c1cc(C(=O)O)co1. The minimum absolute atomic E-state index is 0.0397. The quantitative estimate of drug-likeness (QED) is 0.875. The Morgan fingerprint density at radius 2 is 2.00 bits per heavy atom. The first-order valence-electron chi connectivity index (χ1n) is 6.34. The number of likely N-dealkylation sites (tertiary alicyclic amines) is 1. The lowest BCUT2D eigenvalue weighted by Crippen LogP contribution is -2.39. The standard InChI is InChI=1S/C13H16N2O5/c1-14(7-11(16)15-4-2-3-5-15)12(17)10-6-9(8-20-10)13(18)19/h6,8H,2-5,7H2,1H3,(H,18,19). The van der Waals surface area contributed by atoms with E-state index >= 15 is 0 Å². The molecule has 2 amide bonds. The van der Waals surface area contributed by atoms with Gasteiger partial charge in [0.25, 0.3) is 5.91 Å². The van der Waals surface area contributed by atoms with Crippen LogP contribution < -0.4 is 0 Å². The van der Waals surface area contributed by atoms with Crippen molar-refractivity contribution in [3.63, 3.8) is 0 Å². The van der Waals surface area contributed by atoms with Crippen molar-refractivity contribution in [1.29, 1.82) is 0 Å². The van der Waals surface area contributed by atoms with Gasteiger partial charge >= 0.3 is 5.97 Å². The van der Waals surface area contributed by atoms with Crippen molar-refractivity contribution in [3.05, 3.63) is 23.7 Å². The molecule has 0 radical (unpaired) electrons. The van der Waals surface area contributed by atoms with Gasteiger partial charge in [-0.25, -0.2) is 4.79 Å². The lowest BCUT2D eigenvalue weighted by molar-refractivity contribution is -0.130. The van der Waals surface area contributed by atoms with Crippen LogP contribution in [0.3, 0.4) is 0 Å². The van der Waals surface area contributed by atoms with Crippen molar-refractivity contribution in [2.45, 2.75) is 12.8 Å². The molecule has 0 aliphatic carbocycles. The molecule has 1 aromatic heterocycles. The summed E-state index contributed by atoms with van der Waals surface area (Å²) in [7, 11) is 1.49. The molecule has 0 atom stereocenters. The number of likely N-dealkylation sites (N-methyl/N-ethyl adjacent to an activating group) is 1. The predicted molar refractivity (Wildman–Crippen MR) is 68.4 cm³/mol. The van der Waals surface area contributed by atoms with Crippen LogP contribution in [0, 0.1) is 0 Å². The molecule has 2 rings (SSSR count). The van der Waals surface area contributed by atoms with E-state index in [4.69, 9.17) is 9.52 Å². The maximum atomic E-state index is 12.0. The number of carboxylic acids is 1. The highest BCUT2D eigenvalue weighted by atomic mass is 16.4. The largest absolute Gasteiger partial charge is 0.478 e. The predicted octanol–water partition coefficient (Wildman–Crippen LogP) is 0.672. The molecule has 7 heteroatoms. The third kappa shape index (κ3) is 2.98. The average molecular weight is 280 g/mol. The Morgan fingerprint density at radius 3 is 2.55 bits per heavy atom. The molecule has 2 heterocycles. The first-order valence-corrected chi connectivity index (χ1v) is 6.34. The number of furan rings is 1. The third-order valence-corrected chi connectivity index (χ3v) is 3.24. The Balaban J connectivity index is 1.96. The number of rotatable bonds is 4. The lowest BCUT2D eigenvalue weighted by Gasteiger charge is -2.20. The number of carboxylic acid groups (broad SMARTS) is 1. The van der Waals surface area contributed by atoms with E-state index in [1.807, 2.05) is 0 Å². The van der Waals surface area contributed by atoms with Crippen LogP contribution in [0.25, 0.3) is 0 Å². The third-order valence-electron chi connectivity index (χ3n) is 3.24. The zero-order valence-electron chi connectivity index (χ0n) is 11.2. The Kier molecular flexibility index (Phi) is 4.07. The number of hydrogen-bond acceptors (Lipinski definition) is 4. The van der Waals surface area contributed by atoms with E-state index in [0.29, 0.717) is 0 Å². The number of amides is 2. The van der Waals surface area contributed by atoms with Gasteiger partial charge in [0.05, 0.1) is 12.1 Å². The molecular formula is C13H16N2O5. The van der Waals surface area contributed by atoms with Gasteiger partial charge < -0.3 is 19.3 Å². The maximum absolute atomic E-state index is 12.0. The Hall–Kier alpha value is -2.31. The molecule has 1 fully saturated rings. The molecule has 0 saturated carbocycles. The van der Waals surface area contributed by atoms with E-state index in [1.54, 1.807) is 4.90 Å². The number of hydrogen-bond donors (Lipinski definition) is 1. The van der Waals surface area contributed by atoms with Crippen LogP contribution in [0.2, 0.25) is 0 Å². The first-order chi connectivity index (χ1) is 9.49. The highest BCUT2D eigenvalue weighted by molar-refractivity contribution is 5.97. The molecular weight excluding hydrogens is 264 g/mol. The van der Waals surface area contributed by atoms with Gasteiger partial charge in [-0.1, -0.05) is 0 Å². The van der Waals surface area contributed by atoms with E-state index in [-0.39, 0.29) is 23.8 Å². The molecule has 7 nitrogen and oxygen atoms in total. The van der Waals surface area contributed by atoms with Crippen LogP contribution in [0.5, 0.6) is 0 Å². The summed E-state index contributed by atoms with van der Waals surface area (Å²) in [4.78, 5) is 37.6. The maximum Gasteiger partial charge on any atom is 0.338 e. The van der Waals surface area contributed by atoms with Crippen molar-refractivity contribution in [1.82, 2.24) is 9.80 Å². The highest BCUT2D eigenvalue weighted by Crippen LogP contribution is 2.12. The summed E-state index contributed by atoms with van der Waals surface area (Å²) < 4.78 is 4.92. The average Bonchev–Trinajstić information content (AvgIpc) is 3.08. The van der Waals surface area contributed by atoms with Crippen LogP contribution in [0.15, 0.2) is 16.7 Å². The van der Waals surface area contributed by atoms with Crippen molar-refractivity contribution in [3.8, 4) is 0 Å². The summed E-state index contributed by atoms with van der Waals surface area (Å²) in [6.07, 6.45) is 2.98. The fourth-order valence-corrected chi connectivity index (χ4v) is 2.09. The summed E-state index contributed by atoms with van der Waals surface area (Å²) in [5, 5.41) is 8.76. The van der Waals surface area contributed by atoms with Crippen LogP contribution in [0.1, 0.15) is 33.8 Å². The Morgan fingerprint density at radius 1 is 1.35 bits per heavy atom. The number of aromatic carboxylic acids is 1. The minimum atomic E-state index is -1.16. The van der Waals surface area contributed by atoms with Gasteiger partial charge in [-0.2, -0.15) is 0 Å². The number of carbonyl (C=O) groups excluding carboxylic acids is 2. The van der Waals surface area contributed by atoms with Crippen LogP contribution in [-0.4, -0.2) is 59.4 Å². The van der Waals surface area contributed by atoms with Crippen molar-refractivity contribution >= 4 is 17.8 Å². The molecule has 1 aliphatic heterocycles. The van der Waals surface area contributed by atoms with Gasteiger partial charge in [0.15, 0.2) is 5.76 Å². The van der Waals surface area contributed by atoms with Gasteiger partial charge in [-0.05, 0) is 12.8 Å². The summed E-state index contributed by atoms with van der Waals surface area (Å²) in [5.74, 6) is -1.86. The molecule has 1 saturated heterocycles. The molecule has 1 aliphatic rings. The van der Waals surface area contributed by atoms with Crippen LogP contribution in [-0.2, 0) is 4.79 Å². The second-order valence-corrected chi connectivity index (χ2v) is 4.75. The first kappa shape index (κ1) is 14.1. The summed E-state index contributed by atoms with van der Waals surface area (Å²) in [6.45, 7) is 1.41. The molecule has 20 heavy (non-hydrogen) atoms. The molecule has 1 N–H and O–H groups in total. The zero-order valence-corrected chi connectivity index (χ0v) is 11.2. The summed E-state index contributed by atoms with van der Waals surface area (Å²) in [5.41, 5.74) is -0.0902. The van der Waals surface area contributed by atoms with Crippen LogP contribution in [0.4, 0.5) is 0 Å². The molecule has 0 unspecified atom stereocenters. The van der Waals surface area contributed by atoms with Crippen molar-refractivity contribution in [2.24, 2.45) is 0 Å². The Bertz CT molecular complexity index is 531. The lowest BCUT2D eigenvalue weighted by atomic mass is 10.3. The molecule has 0 aromatic carbocycles. The highest BCUT2D eigenvalue weighted by Gasteiger charge is 2.23. The van der Waals surface area contributed by atoms with Crippen molar-refractivity contribution < 1.29 is 23.9 Å². The van der Waals surface area contributed by atoms with E-state index < -0.39 is 11.9 Å². The summed E-state index contributed by atoms with van der Waals surface area (Å²) in [6, 6.07) is 1.15. The fourth-order valence-electron chi connectivity index (χ4n) is 2.09. The van der Waals surface area contributed by atoms with Gasteiger partial charge in [-0.3, -0.25) is 9.59 Å². The minimum Gasteiger partial charge on any atom is -0.478 e. The van der Waals surface area contributed by atoms with E-state index in [0.717, 1.165) is 38.3 Å². The smallest absolute Gasteiger partial charge is 0.338 e. The number of carbonyl (C=O) groups is 3. The van der Waals surface area contributed by atoms with Gasteiger partial charge in [0.1, 0.15) is 6.26 Å². The summed E-state index contributed by atoms with van der Waals surface area (Å²) >= 11 is 0. The molecule has 0 bridgehead atoms. The topological polar surface area (TPSA) is 91.1 Å². The van der Waals surface area contributed by atoms with E-state index in [9.17, 15) is 14.4 Å². The van der Waals surface area contributed by atoms with E-state index in [1.165, 1.54) is 11.9 Å². The second-order valence-electron chi connectivity index (χ2n) is 4.75. The molecule has 108 valence electrons. The normalized spacial score (nSPS) is 14.3. The van der Waals surface area contributed by atoms with E-state index in [2.05, 4.69) is 0 Å². The fraction of sp³-hybridized carbons (Fsp3) is 0.462. The second kappa shape index (κ2) is 5.77. The van der Waals surface area contributed by atoms with Crippen LogP contribution >= 0.6 is 0 Å². The van der Waals surface area contributed by atoms with Crippen molar-refractivity contribution in [2.75, 3.05) is 26.7 Å². The zero-order chi connectivity index (χ0) is 14.7. The molecule has 1 aromatic rings.